The second-order valence-electron chi connectivity index (χ2n) is 1.09. The summed E-state index contributed by atoms with van der Waals surface area (Å²) in [4.78, 5) is 0. The summed E-state index contributed by atoms with van der Waals surface area (Å²) < 4.78 is 4.75. The lowest BCUT2D eigenvalue weighted by atomic mass is 10.4. The van der Waals surface area contributed by atoms with Crippen LogP contribution < -0.4 is 0 Å². The van der Waals surface area contributed by atoms with Crippen molar-refractivity contribution in [2.75, 3.05) is 6.61 Å². The molecule has 1 saturated heterocycles. The molecular weight excluding hydrogens is 84.1 g/mol. The van der Waals surface area contributed by atoms with Gasteiger partial charge in [0.05, 0.1) is 6.61 Å². The van der Waals surface area contributed by atoms with Crippen molar-refractivity contribution in [3.63, 3.8) is 0 Å². The molecule has 0 aliphatic carbocycles. The van der Waals surface area contributed by atoms with Gasteiger partial charge < -0.3 is 4.74 Å². The van der Waals surface area contributed by atoms with Gasteiger partial charge in [-0.3, -0.25) is 0 Å². The lowest BCUT2D eigenvalue weighted by Gasteiger charge is -2.18. The van der Waals surface area contributed by atoms with E-state index >= 15 is 0 Å². The lowest BCUT2D eigenvalue weighted by molar-refractivity contribution is 0.0113. The van der Waals surface area contributed by atoms with Crippen LogP contribution in [0.2, 0.25) is 0 Å². The maximum absolute atomic E-state index is 4.75. The molecule has 1 radical (unpaired) electrons. The number of hydrogen-bond donors (Lipinski definition) is 0. The van der Waals surface area contributed by atoms with Crippen molar-refractivity contribution in [2.45, 2.75) is 11.9 Å². The van der Waals surface area contributed by atoms with Crippen molar-refractivity contribution in [2.24, 2.45) is 0 Å². The van der Waals surface area contributed by atoms with Crippen LogP contribution >= 0.6 is 12.6 Å². The molecule has 5 heavy (non-hydrogen) atoms. The zero-order valence-corrected chi connectivity index (χ0v) is 3.62. The highest BCUT2D eigenvalue weighted by molar-refractivity contribution is 7.80. The molecule has 0 spiro atoms. The quantitative estimate of drug-likeness (QED) is 0.429. The Morgan fingerprint density at radius 1 is 1.80 bits per heavy atom. The van der Waals surface area contributed by atoms with E-state index in [0.29, 0.717) is 0 Å². The SMILES string of the molecule is [S]C1CCO1. The van der Waals surface area contributed by atoms with E-state index in [4.69, 9.17) is 4.74 Å². The van der Waals surface area contributed by atoms with Gasteiger partial charge in [-0.05, 0) is 0 Å². The summed E-state index contributed by atoms with van der Waals surface area (Å²) in [7, 11) is 0. The van der Waals surface area contributed by atoms with Gasteiger partial charge in [0.15, 0.2) is 0 Å². The smallest absolute Gasteiger partial charge is 0.115 e. The second kappa shape index (κ2) is 1.19. The summed E-state index contributed by atoms with van der Waals surface area (Å²) in [6.45, 7) is 0.883. The molecule has 1 aliphatic rings. The van der Waals surface area contributed by atoms with E-state index < -0.39 is 0 Å². The van der Waals surface area contributed by atoms with Crippen LogP contribution in [0.5, 0.6) is 0 Å². The normalized spacial score (nSPS) is 36.6. The van der Waals surface area contributed by atoms with Gasteiger partial charge in [0, 0.05) is 6.42 Å². The van der Waals surface area contributed by atoms with Crippen molar-refractivity contribution in [3.05, 3.63) is 0 Å². The van der Waals surface area contributed by atoms with E-state index in [0.717, 1.165) is 13.0 Å². The summed E-state index contributed by atoms with van der Waals surface area (Å²) in [5.74, 6) is 0. The Morgan fingerprint density at radius 2 is 2.20 bits per heavy atom. The minimum atomic E-state index is 0.148. The fourth-order valence-corrected chi connectivity index (χ4v) is 0.407. The molecule has 1 fully saturated rings. The van der Waals surface area contributed by atoms with Crippen LogP contribution in [0.1, 0.15) is 6.42 Å². The molecule has 1 rings (SSSR count). The highest BCUT2D eigenvalue weighted by atomic mass is 32.1. The number of hydrogen-bond acceptors (Lipinski definition) is 1. The zero-order chi connectivity index (χ0) is 3.70. The third kappa shape index (κ3) is 0.578. The predicted octanol–water partition coefficient (Wildman–Crippen LogP) is 0.930. The average Bonchev–Trinajstić information content (AvgIpc) is 1.30. The van der Waals surface area contributed by atoms with Crippen molar-refractivity contribution < 1.29 is 4.74 Å². The van der Waals surface area contributed by atoms with Crippen molar-refractivity contribution >= 4 is 12.6 Å². The molecule has 0 N–H and O–H groups in total. The monoisotopic (exact) mass is 89.0 g/mol. The summed E-state index contributed by atoms with van der Waals surface area (Å²) in [5, 5.41) is 0. The third-order valence-corrected chi connectivity index (χ3v) is 1.03. The molecule has 0 bridgehead atoms. The zero-order valence-electron chi connectivity index (χ0n) is 2.81. The number of ether oxygens (including phenoxy) is 1. The van der Waals surface area contributed by atoms with E-state index in [1.54, 1.807) is 0 Å². The molecule has 0 saturated carbocycles. The largest absolute Gasteiger partial charge is 0.367 e. The maximum Gasteiger partial charge on any atom is 0.115 e. The Kier molecular flexibility index (Phi) is 0.830. The summed E-state index contributed by atoms with van der Waals surface area (Å²) >= 11 is 4.64. The van der Waals surface area contributed by atoms with Gasteiger partial charge in [-0.2, -0.15) is 0 Å². The van der Waals surface area contributed by atoms with E-state index in [1.807, 2.05) is 0 Å². The van der Waals surface area contributed by atoms with Crippen LogP contribution in [-0.4, -0.2) is 12.0 Å². The summed E-state index contributed by atoms with van der Waals surface area (Å²) in [5.41, 5.74) is 0.148. The Hall–Kier alpha value is 0.310. The molecule has 1 nitrogen and oxygen atoms in total. The van der Waals surface area contributed by atoms with Gasteiger partial charge in [0.25, 0.3) is 0 Å². The third-order valence-electron chi connectivity index (χ3n) is 0.657. The molecule has 1 heterocycles. The highest BCUT2D eigenvalue weighted by Gasteiger charge is 2.11. The minimum absolute atomic E-state index is 0.148. The standard InChI is InChI=1S/C3H5OS/c5-3-1-2-4-3/h3H,1-2H2. The molecule has 2 heteroatoms. The Labute approximate surface area is 36.7 Å². The van der Waals surface area contributed by atoms with Crippen LogP contribution in [0.3, 0.4) is 0 Å². The van der Waals surface area contributed by atoms with Crippen LogP contribution in [0.15, 0.2) is 0 Å². The first-order valence-electron chi connectivity index (χ1n) is 1.67. The van der Waals surface area contributed by atoms with Gasteiger partial charge in [-0.25, -0.2) is 0 Å². The molecular formula is C3H5OS. The Morgan fingerprint density at radius 3 is 2.20 bits per heavy atom. The van der Waals surface area contributed by atoms with E-state index in [-0.39, 0.29) is 5.44 Å². The minimum Gasteiger partial charge on any atom is -0.367 e. The Bertz CT molecular complexity index is 33.9. The fraction of sp³-hybridized carbons (Fsp3) is 1.00. The van der Waals surface area contributed by atoms with Crippen molar-refractivity contribution in [1.82, 2.24) is 0 Å². The fourth-order valence-electron chi connectivity index (χ4n) is 0.214. The topological polar surface area (TPSA) is 9.23 Å². The Balaban J connectivity index is 2.08. The molecule has 0 aromatic carbocycles. The molecule has 0 amide bonds. The summed E-state index contributed by atoms with van der Waals surface area (Å²) in [6, 6.07) is 0. The van der Waals surface area contributed by atoms with Gasteiger partial charge in [-0.15, -0.1) is 0 Å². The van der Waals surface area contributed by atoms with E-state index in [2.05, 4.69) is 12.6 Å². The second-order valence-corrected chi connectivity index (χ2v) is 1.61. The summed E-state index contributed by atoms with van der Waals surface area (Å²) in [6.07, 6.45) is 1.08. The van der Waals surface area contributed by atoms with Crippen LogP contribution in [0.4, 0.5) is 0 Å². The van der Waals surface area contributed by atoms with Gasteiger partial charge in [0.2, 0.25) is 0 Å². The average molecular weight is 89.1 g/mol. The highest BCUT2D eigenvalue weighted by Crippen LogP contribution is 2.12. The molecule has 1 unspecified atom stereocenters. The van der Waals surface area contributed by atoms with Gasteiger partial charge >= 0.3 is 0 Å². The van der Waals surface area contributed by atoms with Crippen molar-refractivity contribution in [3.8, 4) is 0 Å². The van der Waals surface area contributed by atoms with Gasteiger partial charge in [0.1, 0.15) is 5.44 Å². The molecule has 0 aromatic rings. The van der Waals surface area contributed by atoms with Gasteiger partial charge in [-0.1, -0.05) is 12.6 Å². The molecule has 1 atom stereocenters. The predicted molar refractivity (Wildman–Crippen MR) is 21.9 cm³/mol. The molecule has 29 valence electrons. The molecule has 1 aliphatic heterocycles. The molecule has 0 aromatic heterocycles. The van der Waals surface area contributed by atoms with E-state index in [9.17, 15) is 0 Å². The van der Waals surface area contributed by atoms with Crippen LogP contribution in [0.25, 0.3) is 0 Å². The van der Waals surface area contributed by atoms with Crippen LogP contribution in [-0.2, 0) is 4.74 Å². The van der Waals surface area contributed by atoms with Crippen molar-refractivity contribution in [1.29, 1.82) is 0 Å². The first kappa shape index (κ1) is 3.50. The lowest BCUT2D eigenvalue weighted by Crippen LogP contribution is -2.19. The number of rotatable bonds is 0. The van der Waals surface area contributed by atoms with Crippen LogP contribution in [0, 0.1) is 0 Å². The first-order valence-corrected chi connectivity index (χ1v) is 2.14. The van der Waals surface area contributed by atoms with E-state index in [1.165, 1.54) is 0 Å². The maximum atomic E-state index is 4.75. The first-order chi connectivity index (χ1) is 2.39.